The Morgan fingerprint density at radius 2 is 2.10 bits per heavy atom. The lowest BCUT2D eigenvalue weighted by Gasteiger charge is -2.07. The second kappa shape index (κ2) is 5.77. The number of aryl methyl sites for hydroxylation is 3. The predicted octanol–water partition coefficient (Wildman–Crippen LogP) is 2.81. The predicted molar refractivity (Wildman–Crippen MR) is 72.8 cm³/mol. The number of hydrogen-bond acceptors (Lipinski definition) is 4. The van der Waals surface area contributed by atoms with E-state index in [4.69, 9.17) is 14.3 Å². The Hall–Kier alpha value is -2.30. The molecular weight excluding hydrogens is 258 g/mol. The highest BCUT2D eigenvalue weighted by atomic mass is 16.5. The molecule has 0 saturated heterocycles. The number of carboxylic acid groups (broad SMARTS) is 1. The van der Waals surface area contributed by atoms with Crippen molar-refractivity contribution in [1.29, 1.82) is 0 Å². The molecule has 0 spiro atoms. The number of nitrogens with zero attached hydrogens (tertiary/aromatic N) is 1. The summed E-state index contributed by atoms with van der Waals surface area (Å²) in [4.78, 5) is 14.8. The smallest absolute Gasteiger partial charge is 0.309 e. The minimum atomic E-state index is -0.927. The van der Waals surface area contributed by atoms with Crippen molar-refractivity contribution in [2.75, 3.05) is 0 Å². The standard InChI is InChI=1S/C15H17NO4/c1-9-4-5-10(2)13(6-9)19-8-14-16-12(7-15(17)18)11(3)20-14/h4-6H,7-8H2,1-3H3,(H,17,18). The fourth-order valence-corrected chi connectivity index (χ4v) is 1.86. The first-order chi connectivity index (χ1) is 9.45. The Kier molecular flexibility index (Phi) is 4.08. The average Bonchev–Trinajstić information content (AvgIpc) is 2.70. The highest BCUT2D eigenvalue weighted by molar-refractivity contribution is 5.69. The number of aromatic nitrogens is 1. The summed E-state index contributed by atoms with van der Waals surface area (Å²) in [5.74, 6) is 0.760. The number of ether oxygens (including phenoxy) is 1. The zero-order valence-corrected chi connectivity index (χ0v) is 11.8. The molecule has 5 heteroatoms. The van der Waals surface area contributed by atoms with Crippen LogP contribution in [0.3, 0.4) is 0 Å². The van der Waals surface area contributed by atoms with Crippen LogP contribution < -0.4 is 4.74 Å². The van der Waals surface area contributed by atoms with Crippen molar-refractivity contribution in [3.8, 4) is 5.75 Å². The summed E-state index contributed by atoms with van der Waals surface area (Å²) in [7, 11) is 0. The van der Waals surface area contributed by atoms with Gasteiger partial charge < -0.3 is 14.3 Å². The molecule has 1 N–H and O–H groups in total. The molecule has 0 fully saturated rings. The van der Waals surface area contributed by atoms with Crippen LogP contribution in [0.1, 0.15) is 28.5 Å². The fourth-order valence-electron chi connectivity index (χ4n) is 1.86. The minimum Gasteiger partial charge on any atom is -0.484 e. The Bertz CT molecular complexity index is 631. The van der Waals surface area contributed by atoms with E-state index >= 15 is 0 Å². The van der Waals surface area contributed by atoms with Crippen LogP contribution in [0.25, 0.3) is 0 Å². The van der Waals surface area contributed by atoms with Gasteiger partial charge in [0, 0.05) is 0 Å². The third-order valence-corrected chi connectivity index (χ3v) is 2.95. The van der Waals surface area contributed by atoms with Crippen molar-refractivity contribution in [2.45, 2.75) is 33.8 Å². The highest BCUT2D eigenvalue weighted by Crippen LogP contribution is 2.21. The summed E-state index contributed by atoms with van der Waals surface area (Å²) in [6.07, 6.45) is -0.140. The van der Waals surface area contributed by atoms with E-state index in [-0.39, 0.29) is 13.0 Å². The van der Waals surface area contributed by atoms with E-state index in [1.807, 2.05) is 32.0 Å². The van der Waals surface area contributed by atoms with Gasteiger partial charge in [0.25, 0.3) is 0 Å². The topological polar surface area (TPSA) is 72.6 Å². The molecule has 0 amide bonds. The molecular formula is C15H17NO4. The summed E-state index contributed by atoms with van der Waals surface area (Å²) in [6, 6.07) is 5.95. The Labute approximate surface area is 117 Å². The zero-order valence-electron chi connectivity index (χ0n) is 11.8. The summed E-state index contributed by atoms with van der Waals surface area (Å²) < 4.78 is 11.1. The van der Waals surface area contributed by atoms with Crippen molar-refractivity contribution in [1.82, 2.24) is 4.98 Å². The van der Waals surface area contributed by atoms with Crippen LogP contribution in [0.4, 0.5) is 0 Å². The molecule has 0 radical (unpaired) electrons. The molecule has 1 heterocycles. The summed E-state index contributed by atoms with van der Waals surface area (Å²) in [5, 5.41) is 8.76. The van der Waals surface area contributed by atoms with Gasteiger partial charge in [-0.1, -0.05) is 12.1 Å². The maximum Gasteiger partial charge on any atom is 0.309 e. The van der Waals surface area contributed by atoms with Crippen molar-refractivity contribution in [2.24, 2.45) is 0 Å². The van der Waals surface area contributed by atoms with Gasteiger partial charge in [0.15, 0.2) is 6.61 Å². The van der Waals surface area contributed by atoms with E-state index in [0.717, 1.165) is 16.9 Å². The molecule has 0 saturated carbocycles. The van der Waals surface area contributed by atoms with E-state index < -0.39 is 5.97 Å². The second-order valence-corrected chi connectivity index (χ2v) is 4.74. The van der Waals surface area contributed by atoms with Crippen molar-refractivity contribution in [3.63, 3.8) is 0 Å². The zero-order chi connectivity index (χ0) is 14.7. The third kappa shape index (κ3) is 3.38. The molecule has 1 aromatic carbocycles. The van der Waals surface area contributed by atoms with Gasteiger partial charge in [-0.2, -0.15) is 0 Å². The highest BCUT2D eigenvalue weighted by Gasteiger charge is 2.13. The maximum absolute atomic E-state index is 10.7. The van der Waals surface area contributed by atoms with Crippen LogP contribution in [0, 0.1) is 20.8 Å². The molecule has 0 aliphatic rings. The number of benzene rings is 1. The summed E-state index contributed by atoms with van der Waals surface area (Å²) >= 11 is 0. The molecule has 5 nitrogen and oxygen atoms in total. The number of carbonyl (C=O) groups is 1. The molecule has 0 aliphatic heterocycles. The number of hydrogen-bond donors (Lipinski definition) is 1. The molecule has 1 aromatic heterocycles. The lowest BCUT2D eigenvalue weighted by atomic mass is 10.1. The van der Waals surface area contributed by atoms with Gasteiger partial charge >= 0.3 is 5.97 Å². The second-order valence-electron chi connectivity index (χ2n) is 4.74. The SMILES string of the molecule is Cc1ccc(C)c(OCc2nc(CC(=O)O)c(C)o2)c1. The van der Waals surface area contributed by atoms with Gasteiger partial charge in [-0.05, 0) is 38.0 Å². The Balaban J connectivity index is 2.07. The maximum atomic E-state index is 10.7. The third-order valence-electron chi connectivity index (χ3n) is 2.95. The van der Waals surface area contributed by atoms with Crippen LogP contribution >= 0.6 is 0 Å². The lowest BCUT2D eigenvalue weighted by Crippen LogP contribution is -2.02. The van der Waals surface area contributed by atoms with Crippen LogP contribution in [0.5, 0.6) is 5.75 Å². The Morgan fingerprint density at radius 1 is 1.35 bits per heavy atom. The van der Waals surface area contributed by atoms with Crippen LogP contribution in [-0.4, -0.2) is 16.1 Å². The molecule has 2 aromatic rings. The number of rotatable bonds is 5. The van der Waals surface area contributed by atoms with E-state index in [1.54, 1.807) is 6.92 Å². The molecule has 106 valence electrons. The van der Waals surface area contributed by atoms with E-state index in [1.165, 1.54) is 0 Å². The van der Waals surface area contributed by atoms with Crippen molar-refractivity contribution >= 4 is 5.97 Å². The molecule has 2 rings (SSSR count). The van der Waals surface area contributed by atoms with Crippen molar-refractivity contribution < 1.29 is 19.1 Å². The Morgan fingerprint density at radius 3 is 2.80 bits per heavy atom. The number of aliphatic carboxylic acids is 1. The van der Waals surface area contributed by atoms with Gasteiger partial charge in [0.05, 0.1) is 12.1 Å². The monoisotopic (exact) mass is 275 g/mol. The van der Waals surface area contributed by atoms with Gasteiger partial charge in [-0.3, -0.25) is 4.79 Å². The molecule has 0 unspecified atom stereocenters. The first-order valence-electron chi connectivity index (χ1n) is 6.32. The minimum absolute atomic E-state index is 0.140. The molecule has 0 aliphatic carbocycles. The fraction of sp³-hybridized carbons (Fsp3) is 0.333. The van der Waals surface area contributed by atoms with E-state index in [0.29, 0.717) is 17.3 Å². The largest absolute Gasteiger partial charge is 0.484 e. The van der Waals surface area contributed by atoms with Crippen LogP contribution in [0.2, 0.25) is 0 Å². The first-order valence-corrected chi connectivity index (χ1v) is 6.32. The lowest BCUT2D eigenvalue weighted by molar-refractivity contribution is -0.136. The normalized spacial score (nSPS) is 10.6. The van der Waals surface area contributed by atoms with Gasteiger partial charge in [0.2, 0.25) is 5.89 Å². The quantitative estimate of drug-likeness (QED) is 0.908. The molecule has 0 bridgehead atoms. The number of carboxylic acids is 1. The first kappa shape index (κ1) is 14.1. The van der Waals surface area contributed by atoms with Crippen LogP contribution in [-0.2, 0) is 17.8 Å². The van der Waals surface area contributed by atoms with E-state index in [9.17, 15) is 4.79 Å². The van der Waals surface area contributed by atoms with Crippen molar-refractivity contribution in [3.05, 3.63) is 46.7 Å². The van der Waals surface area contributed by atoms with Crippen LogP contribution in [0.15, 0.2) is 22.6 Å². The van der Waals surface area contributed by atoms with Gasteiger partial charge in [-0.25, -0.2) is 4.98 Å². The molecule has 0 atom stereocenters. The van der Waals surface area contributed by atoms with Gasteiger partial charge in [-0.15, -0.1) is 0 Å². The van der Waals surface area contributed by atoms with E-state index in [2.05, 4.69) is 4.98 Å². The summed E-state index contributed by atoms with van der Waals surface area (Å²) in [5.41, 5.74) is 2.59. The number of oxazole rings is 1. The average molecular weight is 275 g/mol. The summed E-state index contributed by atoms with van der Waals surface area (Å²) in [6.45, 7) is 5.84. The molecule has 20 heavy (non-hydrogen) atoms. The van der Waals surface area contributed by atoms with Gasteiger partial charge in [0.1, 0.15) is 11.5 Å².